The van der Waals surface area contributed by atoms with E-state index in [2.05, 4.69) is 45.1 Å². The van der Waals surface area contributed by atoms with Gasteiger partial charge in [-0.05, 0) is 80.6 Å². The molecule has 0 atom stereocenters. The van der Waals surface area contributed by atoms with Crippen molar-refractivity contribution in [3.63, 3.8) is 0 Å². The molecular weight excluding hydrogens is 324 g/mol. The van der Waals surface area contributed by atoms with E-state index in [1.165, 1.54) is 24.9 Å². The molecule has 26 heavy (non-hydrogen) atoms. The van der Waals surface area contributed by atoms with E-state index in [-0.39, 0.29) is 6.03 Å². The fourth-order valence-electron chi connectivity index (χ4n) is 3.29. The highest BCUT2D eigenvalue weighted by Crippen LogP contribution is 2.24. The van der Waals surface area contributed by atoms with Gasteiger partial charge in [0, 0.05) is 41.9 Å². The van der Waals surface area contributed by atoms with Crippen molar-refractivity contribution >= 4 is 28.8 Å². The van der Waals surface area contributed by atoms with Crippen molar-refractivity contribution in [2.24, 2.45) is 0 Å². The standard InChI is InChI=1S/C21H26N4O/c26-21(24-19-8-9-19)23-18-6-4-16(5-7-18)22-17-10-12-20(13-11-17)25-14-2-1-3-15-25/h4-7,10-13,19,22H,1-3,8-9,14-15H2,(H2,23,24,26). The molecule has 1 heterocycles. The number of carbonyl (C=O) groups is 1. The van der Waals surface area contributed by atoms with Crippen LogP contribution in [0, 0.1) is 0 Å². The minimum atomic E-state index is -0.124. The second kappa shape index (κ2) is 7.68. The molecule has 0 aromatic heterocycles. The van der Waals surface area contributed by atoms with Crippen LogP contribution in [0.5, 0.6) is 0 Å². The number of amides is 2. The molecule has 5 nitrogen and oxygen atoms in total. The number of hydrogen-bond acceptors (Lipinski definition) is 3. The molecule has 3 N–H and O–H groups in total. The first-order valence-corrected chi connectivity index (χ1v) is 9.56. The van der Waals surface area contributed by atoms with Crippen molar-refractivity contribution in [3.05, 3.63) is 48.5 Å². The lowest BCUT2D eigenvalue weighted by atomic mass is 10.1. The summed E-state index contributed by atoms with van der Waals surface area (Å²) in [6, 6.07) is 16.6. The monoisotopic (exact) mass is 350 g/mol. The number of urea groups is 1. The van der Waals surface area contributed by atoms with Crippen LogP contribution >= 0.6 is 0 Å². The number of hydrogen-bond donors (Lipinski definition) is 3. The second-order valence-corrected chi connectivity index (χ2v) is 7.17. The Morgan fingerprint density at radius 1 is 0.808 bits per heavy atom. The lowest BCUT2D eigenvalue weighted by molar-refractivity contribution is 0.251. The van der Waals surface area contributed by atoms with E-state index in [0.29, 0.717) is 6.04 Å². The summed E-state index contributed by atoms with van der Waals surface area (Å²) in [6.07, 6.45) is 6.11. The van der Waals surface area contributed by atoms with E-state index in [0.717, 1.165) is 43.0 Å². The summed E-state index contributed by atoms with van der Waals surface area (Å²) in [5, 5.41) is 9.19. The molecule has 136 valence electrons. The summed E-state index contributed by atoms with van der Waals surface area (Å²) in [5.41, 5.74) is 4.17. The van der Waals surface area contributed by atoms with Crippen LogP contribution in [0.15, 0.2) is 48.5 Å². The number of piperidine rings is 1. The quantitative estimate of drug-likeness (QED) is 0.732. The average Bonchev–Trinajstić information content (AvgIpc) is 3.48. The van der Waals surface area contributed by atoms with E-state index < -0.39 is 0 Å². The first-order chi connectivity index (χ1) is 12.8. The maximum absolute atomic E-state index is 11.8. The summed E-state index contributed by atoms with van der Waals surface area (Å²) in [4.78, 5) is 14.2. The zero-order chi connectivity index (χ0) is 17.8. The van der Waals surface area contributed by atoms with Gasteiger partial charge in [-0.15, -0.1) is 0 Å². The number of benzene rings is 2. The van der Waals surface area contributed by atoms with Crippen molar-refractivity contribution in [1.29, 1.82) is 0 Å². The molecular formula is C21H26N4O. The van der Waals surface area contributed by atoms with Gasteiger partial charge in [-0.2, -0.15) is 0 Å². The Bertz CT molecular complexity index is 732. The van der Waals surface area contributed by atoms with E-state index in [1.807, 2.05) is 24.3 Å². The third-order valence-electron chi connectivity index (χ3n) is 4.93. The fraction of sp³-hybridized carbons (Fsp3) is 0.381. The Morgan fingerprint density at radius 2 is 1.38 bits per heavy atom. The molecule has 0 radical (unpaired) electrons. The summed E-state index contributed by atoms with van der Waals surface area (Å²) in [5.74, 6) is 0. The summed E-state index contributed by atoms with van der Waals surface area (Å²) >= 11 is 0. The second-order valence-electron chi connectivity index (χ2n) is 7.17. The van der Waals surface area contributed by atoms with Gasteiger partial charge < -0.3 is 20.9 Å². The van der Waals surface area contributed by atoms with Gasteiger partial charge in [-0.3, -0.25) is 0 Å². The van der Waals surface area contributed by atoms with Crippen LogP contribution in [0.1, 0.15) is 32.1 Å². The molecule has 2 aromatic rings. The van der Waals surface area contributed by atoms with Crippen molar-refractivity contribution in [1.82, 2.24) is 5.32 Å². The first kappa shape index (κ1) is 16.8. The van der Waals surface area contributed by atoms with Gasteiger partial charge >= 0.3 is 6.03 Å². The number of anilines is 4. The van der Waals surface area contributed by atoms with Crippen molar-refractivity contribution in [2.75, 3.05) is 28.6 Å². The minimum Gasteiger partial charge on any atom is -0.372 e. The highest BCUT2D eigenvalue weighted by atomic mass is 16.2. The van der Waals surface area contributed by atoms with Crippen molar-refractivity contribution in [2.45, 2.75) is 38.1 Å². The molecule has 0 unspecified atom stereocenters. The van der Waals surface area contributed by atoms with Gasteiger partial charge in [0.2, 0.25) is 0 Å². The summed E-state index contributed by atoms with van der Waals surface area (Å²) < 4.78 is 0. The number of nitrogens with zero attached hydrogens (tertiary/aromatic N) is 1. The molecule has 1 saturated heterocycles. The number of nitrogens with one attached hydrogen (secondary N) is 3. The molecule has 5 heteroatoms. The topological polar surface area (TPSA) is 56.4 Å². The van der Waals surface area contributed by atoms with Crippen LogP contribution < -0.4 is 20.9 Å². The van der Waals surface area contributed by atoms with Crippen LogP contribution in [0.3, 0.4) is 0 Å². The first-order valence-electron chi connectivity index (χ1n) is 9.56. The fourth-order valence-corrected chi connectivity index (χ4v) is 3.29. The molecule has 1 aliphatic carbocycles. The van der Waals surface area contributed by atoms with Crippen molar-refractivity contribution < 1.29 is 4.79 Å². The Balaban J connectivity index is 1.32. The van der Waals surface area contributed by atoms with Gasteiger partial charge in [0.1, 0.15) is 0 Å². The lowest BCUT2D eigenvalue weighted by Crippen LogP contribution is -2.30. The zero-order valence-corrected chi connectivity index (χ0v) is 15.0. The Kier molecular flexibility index (Phi) is 4.95. The van der Waals surface area contributed by atoms with Gasteiger partial charge in [0.15, 0.2) is 0 Å². The third-order valence-corrected chi connectivity index (χ3v) is 4.93. The van der Waals surface area contributed by atoms with Gasteiger partial charge in [0.05, 0.1) is 0 Å². The maximum Gasteiger partial charge on any atom is 0.319 e. The number of rotatable bonds is 5. The summed E-state index contributed by atoms with van der Waals surface area (Å²) in [6.45, 7) is 2.32. The zero-order valence-electron chi connectivity index (χ0n) is 15.0. The van der Waals surface area contributed by atoms with Crippen LogP contribution in [-0.2, 0) is 0 Å². The number of carbonyl (C=O) groups excluding carboxylic acids is 1. The predicted molar refractivity (Wildman–Crippen MR) is 107 cm³/mol. The average molecular weight is 350 g/mol. The molecule has 0 bridgehead atoms. The van der Waals surface area contributed by atoms with E-state index >= 15 is 0 Å². The molecule has 2 aromatic carbocycles. The highest BCUT2D eigenvalue weighted by Gasteiger charge is 2.23. The maximum atomic E-state index is 11.8. The minimum absolute atomic E-state index is 0.124. The molecule has 1 saturated carbocycles. The van der Waals surface area contributed by atoms with E-state index in [4.69, 9.17) is 0 Å². The Morgan fingerprint density at radius 3 is 2.00 bits per heavy atom. The predicted octanol–water partition coefficient (Wildman–Crippen LogP) is 4.70. The van der Waals surface area contributed by atoms with Gasteiger partial charge in [-0.1, -0.05) is 0 Å². The van der Waals surface area contributed by atoms with Gasteiger partial charge in [-0.25, -0.2) is 4.79 Å². The van der Waals surface area contributed by atoms with Crippen LogP contribution in [-0.4, -0.2) is 25.2 Å². The van der Waals surface area contributed by atoms with E-state index in [1.54, 1.807) is 0 Å². The van der Waals surface area contributed by atoms with Gasteiger partial charge in [0.25, 0.3) is 0 Å². The molecule has 4 rings (SSSR count). The molecule has 2 amide bonds. The Labute approximate surface area is 154 Å². The third kappa shape index (κ3) is 4.48. The summed E-state index contributed by atoms with van der Waals surface area (Å²) in [7, 11) is 0. The van der Waals surface area contributed by atoms with Crippen molar-refractivity contribution in [3.8, 4) is 0 Å². The smallest absolute Gasteiger partial charge is 0.319 e. The largest absolute Gasteiger partial charge is 0.372 e. The SMILES string of the molecule is O=C(Nc1ccc(Nc2ccc(N3CCCCC3)cc2)cc1)NC1CC1. The van der Waals surface area contributed by atoms with Crippen LogP contribution in [0.4, 0.5) is 27.5 Å². The van der Waals surface area contributed by atoms with Crippen LogP contribution in [0.2, 0.25) is 0 Å². The highest BCUT2D eigenvalue weighted by molar-refractivity contribution is 5.89. The molecule has 1 aliphatic heterocycles. The molecule has 2 aliphatic rings. The van der Waals surface area contributed by atoms with Crippen LogP contribution in [0.25, 0.3) is 0 Å². The molecule has 0 spiro atoms. The normalized spacial score (nSPS) is 16.8. The Hall–Kier alpha value is -2.69. The molecule has 2 fully saturated rings. The lowest BCUT2D eigenvalue weighted by Gasteiger charge is -2.28. The van der Waals surface area contributed by atoms with E-state index in [9.17, 15) is 4.79 Å².